The number of nitrogens with two attached hydrogens (primary N) is 1. The highest BCUT2D eigenvalue weighted by Crippen LogP contribution is 2.30. The Balaban J connectivity index is 1.59. The maximum absolute atomic E-state index is 5.58. The lowest BCUT2D eigenvalue weighted by Gasteiger charge is -2.18. The van der Waals surface area contributed by atoms with Gasteiger partial charge in [0.15, 0.2) is 11.5 Å². The Hall–Kier alpha value is -1.52. The molecule has 1 aromatic carbocycles. The van der Waals surface area contributed by atoms with Crippen molar-refractivity contribution in [2.45, 2.75) is 13.1 Å². The Morgan fingerprint density at radius 2 is 1.94 bits per heavy atom. The van der Waals surface area contributed by atoms with Crippen molar-refractivity contribution in [3.05, 3.63) is 46.2 Å². The lowest BCUT2D eigenvalue weighted by molar-refractivity contribution is -0.685. The fraction of sp³-hybridized carbons (Fsp3) is 0.286. The predicted octanol–water partition coefficient (Wildman–Crippen LogP) is 1.78. The van der Waals surface area contributed by atoms with Crippen LogP contribution in [0.1, 0.15) is 10.4 Å². The monoisotopic (exact) mass is 262 g/mol. The second kappa shape index (κ2) is 5.42. The van der Waals surface area contributed by atoms with Crippen molar-refractivity contribution in [3.8, 4) is 11.5 Å². The number of thiophene rings is 1. The molecule has 0 spiro atoms. The van der Waals surface area contributed by atoms with E-state index in [1.54, 1.807) is 11.3 Å². The molecular weight excluding hydrogens is 246 g/mol. The minimum Gasteiger partial charge on any atom is -0.486 e. The van der Waals surface area contributed by atoms with Gasteiger partial charge in [0.05, 0.1) is 4.88 Å². The molecule has 4 heteroatoms. The summed E-state index contributed by atoms with van der Waals surface area (Å²) in [6.45, 7) is 3.30. The number of hydrogen-bond acceptors (Lipinski definition) is 3. The zero-order chi connectivity index (χ0) is 12.2. The van der Waals surface area contributed by atoms with Gasteiger partial charge in [-0.1, -0.05) is 6.07 Å². The van der Waals surface area contributed by atoms with Gasteiger partial charge < -0.3 is 14.8 Å². The summed E-state index contributed by atoms with van der Waals surface area (Å²) in [5, 5.41) is 4.42. The van der Waals surface area contributed by atoms with Gasteiger partial charge in [0.25, 0.3) is 0 Å². The minimum absolute atomic E-state index is 0.648. The summed E-state index contributed by atoms with van der Waals surface area (Å²) in [7, 11) is 0. The average Bonchev–Trinajstić information content (AvgIpc) is 2.92. The third kappa shape index (κ3) is 2.66. The van der Waals surface area contributed by atoms with Crippen molar-refractivity contribution in [2.24, 2.45) is 0 Å². The first-order chi connectivity index (χ1) is 8.92. The van der Waals surface area contributed by atoms with Crippen LogP contribution in [0.2, 0.25) is 0 Å². The van der Waals surface area contributed by atoms with Crippen LogP contribution in [0.4, 0.5) is 0 Å². The van der Waals surface area contributed by atoms with E-state index in [0.717, 1.165) is 24.6 Å². The van der Waals surface area contributed by atoms with Crippen LogP contribution in [0, 0.1) is 0 Å². The molecule has 2 N–H and O–H groups in total. The fourth-order valence-electron chi connectivity index (χ4n) is 2.02. The lowest BCUT2D eigenvalue weighted by atomic mass is 10.2. The molecule has 0 amide bonds. The lowest BCUT2D eigenvalue weighted by Crippen LogP contribution is -2.80. The van der Waals surface area contributed by atoms with Gasteiger partial charge in [0.1, 0.15) is 26.3 Å². The van der Waals surface area contributed by atoms with E-state index in [9.17, 15) is 0 Å². The first kappa shape index (κ1) is 11.6. The first-order valence-corrected chi connectivity index (χ1v) is 7.02. The maximum Gasteiger partial charge on any atom is 0.161 e. The molecule has 1 aliphatic heterocycles. The van der Waals surface area contributed by atoms with Crippen LogP contribution in [-0.4, -0.2) is 13.2 Å². The highest BCUT2D eigenvalue weighted by molar-refractivity contribution is 7.09. The van der Waals surface area contributed by atoms with Crippen molar-refractivity contribution < 1.29 is 14.8 Å². The number of quaternary nitrogens is 1. The van der Waals surface area contributed by atoms with Gasteiger partial charge in [-0.15, -0.1) is 11.3 Å². The standard InChI is InChI=1S/C14H15NO2S/c1-2-12(18-7-1)10-15-9-11-3-4-13-14(8-11)17-6-5-16-13/h1-4,7-8,15H,5-6,9-10H2/p+1. The third-order valence-electron chi connectivity index (χ3n) is 2.91. The van der Waals surface area contributed by atoms with E-state index in [-0.39, 0.29) is 0 Å². The Bertz CT molecular complexity index is 511. The average molecular weight is 262 g/mol. The topological polar surface area (TPSA) is 35.1 Å². The number of hydrogen-bond donors (Lipinski definition) is 1. The van der Waals surface area contributed by atoms with Gasteiger partial charge in [-0.25, -0.2) is 0 Å². The van der Waals surface area contributed by atoms with Gasteiger partial charge in [-0.3, -0.25) is 0 Å². The molecule has 0 bridgehead atoms. The summed E-state index contributed by atoms with van der Waals surface area (Å²) in [5.41, 5.74) is 1.27. The van der Waals surface area contributed by atoms with E-state index in [2.05, 4.69) is 35.0 Å². The Morgan fingerprint density at radius 1 is 1.06 bits per heavy atom. The molecule has 94 valence electrons. The highest BCUT2D eigenvalue weighted by atomic mass is 32.1. The molecule has 3 nitrogen and oxygen atoms in total. The van der Waals surface area contributed by atoms with Crippen molar-refractivity contribution in [3.63, 3.8) is 0 Å². The molecule has 1 aliphatic rings. The molecule has 0 atom stereocenters. The highest BCUT2D eigenvalue weighted by Gasteiger charge is 2.11. The zero-order valence-electron chi connectivity index (χ0n) is 10.1. The molecule has 0 saturated carbocycles. The van der Waals surface area contributed by atoms with Crippen LogP contribution in [-0.2, 0) is 13.1 Å². The van der Waals surface area contributed by atoms with Gasteiger partial charge >= 0.3 is 0 Å². The minimum atomic E-state index is 0.648. The van der Waals surface area contributed by atoms with E-state index >= 15 is 0 Å². The molecule has 2 aromatic rings. The van der Waals surface area contributed by atoms with Gasteiger partial charge in [-0.2, -0.15) is 0 Å². The van der Waals surface area contributed by atoms with E-state index in [1.165, 1.54) is 10.4 Å². The van der Waals surface area contributed by atoms with Crippen molar-refractivity contribution in [1.82, 2.24) is 0 Å². The molecule has 18 heavy (non-hydrogen) atoms. The summed E-state index contributed by atoms with van der Waals surface area (Å²) in [4.78, 5) is 1.41. The van der Waals surface area contributed by atoms with Crippen LogP contribution < -0.4 is 14.8 Å². The summed E-state index contributed by atoms with van der Waals surface area (Å²) < 4.78 is 11.1. The SMILES string of the molecule is c1csc(C[NH2+]Cc2ccc3c(c2)OCCO3)c1. The second-order valence-electron chi connectivity index (χ2n) is 4.25. The molecule has 2 heterocycles. The number of ether oxygens (including phenoxy) is 2. The number of fused-ring (bicyclic) bond motifs is 1. The fourth-order valence-corrected chi connectivity index (χ4v) is 2.73. The van der Waals surface area contributed by atoms with E-state index in [0.29, 0.717) is 13.2 Å². The zero-order valence-corrected chi connectivity index (χ0v) is 10.9. The van der Waals surface area contributed by atoms with E-state index in [1.807, 2.05) is 6.07 Å². The third-order valence-corrected chi connectivity index (χ3v) is 3.81. The largest absolute Gasteiger partial charge is 0.486 e. The van der Waals surface area contributed by atoms with Crippen molar-refractivity contribution >= 4 is 11.3 Å². The molecule has 0 aliphatic carbocycles. The van der Waals surface area contributed by atoms with Crippen LogP contribution >= 0.6 is 11.3 Å². The summed E-state index contributed by atoms with van der Waals surface area (Å²) >= 11 is 1.80. The number of benzene rings is 1. The molecule has 0 saturated heterocycles. The van der Waals surface area contributed by atoms with Gasteiger partial charge in [0, 0.05) is 5.56 Å². The Labute approximate surface area is 110 Å². The molecule has 0 unspecified atom stereocenters. The summed E-state index contributed by atoms with van der Waals surface area (Å²) in [6, 6.07) is 10.5. The Kier molecular flexibility index (Phi) is 3.48. The molecular formula is C14H16NO2S+. The van der Waals surface area contributed by atoms with Gasteiger partial charge in [0.2, 0.25) is 0 Å². The van der Waals surface area contributed by atoms with E-state index < -0.39 is 0 Å². The van der Waals surface area contributed by atoms with E-state index in [4.69, 9.17) is 9.47 Å². The smallest absolute Gasteiger partial charge is 0.161 e. The molecule has 0 radical (unpaired) electrons. The molecule has 0 fully saturated rings. The molecule has 3 rings (SSSR count). The van der Waals surface area contributed by atoms with Crippen LogP contribution in [0.3, 0.4) is 0 Å². The van der Waals surface area contributed by atoms with Crippen LogP contribution in [0.5, 0.6) is 11.5 Å². The van der Waals surface area contributed by atoms with Crippen LogP contribution in [0.15, 0.2) is 35.7 Å². The second-order valence-corrected chi connectivity index (χ2v) is 5.29. The summed E-state index contributed by atoms with van der Waals surface area (Å²) in [5.74, 6) is 1.74. The maximum atomic E-state index is 5.58. The van der Waals surface area contributed by atoms with Crippen molar-refractivity contribution in [1.29, 1.82) is 0 Å². The van der Waals surface area contributed by atoms with Crippen molar-refractivity contribution in [2.75, 3.05) is 13.2 Å². The van der Waals surface area contributed by atoms with Crippen LogP contribution in [0.25, 0.3) is 0 Å². The summed E-state index contributed by atoms with van der Waals surface area (Å²) in [6.07, 6.45) is 0. The Morgan fingerprint density at radius 3 is 2.78 bits per heavy atom. The van der Waals surface area contributed by atoms with Gasteiger partial charge in [-0.05, 0) is 29.6 Å². The molecule has 1 aromatic heterocycles. The predicted molar refractivity (Wildman–Crippen MR) is 71.1 cm³/mol. The normalized spacial score (nSPS) is 13.6. The number of rotatable bonds is 4. The first-order valence-electron chi connectivity index (χ1n) is 6.14. The quantitative estimate of drug-likeness (QED) is 0.911.